The number of likely N-dealkylation sites (tertiary alicyclic amines) is 1. The molecule has 1 fully saturated rings. The number of aryl methyl sites for hydroxylation is 1. The molecular weight excluding hydrogens is 314 g/mol. The summed E-state index contributed by atoms with van der Waals surface area (Å²) in [6.07, 6.45) is 4.20. The predicted octanol–water partition coefficient (Wildman–Crippen LogP) is 3.32. The maximum Gasteiger partial charge on any atom is 0.154 e. The van der Waals surface area contributed by atoms with Crippen LogP contribution in [0.2, 0.25) is 0 Å². The lowest BCUT2D eigenvalue weighted by molar-refractivity contribution is 0.175. The highest BCUT2D eigenvalue weighted by atomic mass is 16.5. The zero-order valence-electron chi connectivity index (χ0n) is 15.4. The number of hydrogen-bond donors (Lipinski definition) is 0. The van der Waals surface area contributed by atoms with Crippen LogP contribution >= 0.6 is 0 Å². The fraction of sp³-hybridized carbons (Fsp3) is 0.500. The quantitative estimate of drug-likeness (QED) is 0.807. The zero-order chi connectivity index (χ0) is 17.6. The van der Waals surface area contributed by atoms with Crippen LogP contribution in [0.3, 0.4) is 0 Å². The van der Waals surface area contributed by atoms with E-state index in [1.807, 2.05) is 12.3 Å². The highest BCUT2D eigenvalue weighted by molar-refractivity contribution is 5.36. The zero-order valence-corrected chi connectivity index (χ0v) is 15.4. The fourth-order valence-electron chi connectivity index (χ4n) is 3.55. The van der Waals surface area contributed by atoms with Crippen molar-refractivity contribution in [1.29, 1.82) is 0 Å². The van der Waals surface area contributed by atoms with Gasteiger partial charge in [0.1, 0.15) is 12.4 Å². The third-order valence-electron chi connectivity index (χ3n) is 4.75. The van der Waals surface area contributed by atoms with Gasteiger partial charge in [-0.05, 0) is 38.4 Å². The third kappa shape index (κ3) is 4.55. The number of piperidine rings is 1. The average molecular weight is 341 g/mol. The Labute approximate surface area is 150 Å². The molecule has 5 nitrogen and oxygen atoms in total. The normalized spacial score (nSPS) is 18.3. The van der Waals surface area contributed by atoms with E-state index in [1.54, 1.807) is 14.2 Å². The van der Waals surface area contributed by atoms with Gasteiger partial charge in [-0.15, -0.1) is 0 Å². The summed E-state index contributed by atoms with van der Waals surface area (Å²) in [5.74, 6) is 2.18. The van der Waals surface area contributed by atoms with Crippen LogP contribution in [0.15, 0.2) is 30.5 Å². The van der Waals surface area contributed by atoms with E-state index in [1.165, 1.54) is 24.0 Å². The molecule has 1 saturated heterocycles. The number of nitrogens with zero attached hydrogens (tertiary/aromatic N) is 3. The summed E-state index contributed by atoms with van der Waals surface area (Å²) in [5.41, 5.74) is 3.65. The molecule has 25 heavy (non-hydrogen) atoms. The second kappa shape index (κ2) is 8.41. The van der Waals surface area contributed by atoms with Gasteiger partial charge in [0.2, 0.25) is 0 Å². The fourth-order valence-corrected chi connectivity index (χ4v) is 3.55. The number of ether oxygens (including phenoxy) is 2. The molecule has 0 N–H and O–H groups in total. The Bertz CT molecular complexity index is 705. The first-order valence-electron chi connectivity index (χ1n) is 8.86. The Morgan fingerprint density at radius 2 is 2.12 bits per heavy atom. The maximum atomic E-state index is 5.53. The second-order valence-electron chi connectivity index (χ2n) is 6.72. The number of aromatic nitrogens is 2. The lowest BCUT2D eigenvalue weighted by Gasteiger charge is -2.33. The molecule has 5 heteroatoms. The molecule has 2 heterocycles. The van der Waals surface area contributed by atoms with Crippen molar-refractivity contribution in [2.75, 3.05) is 27.3 Å². The van der Waals surface area contributed by atoms with E-state index in [4.69, 9.17) is 9.47 Å². The largest absolute Gasteiger partial charge is 0.496 e. The molecule has 1 atom stereocenters. The van der Waals surface area contributed by atoms with Crippen molar-refractivity contribution in [3.63, 3.8) is 0 Å². The van der Waals surface area contributed by atoms with Gasteiger partial charge in [0.15, 0.2) is 5.82 Å². The Kier molecular flexibility index (Phi) is 6.00. The maximum absolute atomic E-state index is 5.53. The topological polar surface area (TPSA) is 47.5 Å². The van der Waals surface area contributed by atoms with E-state index < -0.39 is 0 Å². The number of hydrogen-bond acceptors (Lipinski definition) is 5. The lowest BCUT2D eigenvalue weighted by atomic mass is 9.94. The molecule has 0 amide bonds. The van der Waals surface area contributed by atoms with Crippen molar-refractivity contribution < 1.29 is 9.47 Å². The summed E-state index contributed by atoms with van der Waals surface area (Å²) in [5, 5.41) is 0. The van der Waals surface area contributed by atoms with Gasteiger partial charge < -0.3 is 9.47 Å². The summed E-state index contributed by atoms with van der Waals surface area (Å²) in [4.78, 5) is 11.5. The molecule has 1 aliphatic heterocycles. The van der Waals surface area contributed by atoms with Crippen molar-refractivity contribution in [1.82, 2.24) is 14.9 Å². The van der Waals surface area contributed by atoms with E-state index in [9.17, 15) is 0 Å². The van der Waals surface area contributed by atoms with E-state index in [0.29, 0.717) is 12.5 Å². The highest BCUT2D eigenvalue weighted by Crippen LogP contribution is 2.28. The molecule has 1 aromatic carbocycles. The minimum Gasteiger partial charge on any atom is -0.496 e. The standard InChI is InChI=1S/C20H27N3O2/c1-15-6-7-19(25-3)17(11-15)13-23-10-4-5-16(12-23)18-8-9-21-20(22-18)14-24-2/h6-9,11,16H,4-5,10,12-14H2,1-3H3/t16-/m0/s1. The van der Waals surface area contributed by atoms with Gasteiger partial charge in [0.05, 0.1) is 7.11 Å². The third-order valence-corrected chi connectivity index (χ3v) is 4.75. The molecule has 0 aliphatic carbocycles. The highest BCUT2D eigenvalue weighted by Gasteiger charge is 2.23. The Hall–Kier alpha value is -1.98. The van der Waals surface area contributed by atoms with Crippen LogP contribution in [-0.4, -0.2) is 42.2 Å². The van der Waals surface area contributed by atoms with Crippen molar-refractivity contribution in [3.8, 4) is 5.75 Å². The summed E-state index contributed by atoms with van der Waals surface area (Å²) >= 11 is 0. The SMILES string of the molecule is COCc1nccc([C@H]2CCCN(Cc3cc(C)ccc3OC)C2)n1. The summed E-state index contributed by atoms with van der Waals surface area (Å²) in [6.45, 7) is 5.63. The van der Waals surface area contributed by atoms with Gasteiger partial charge in [0, 0.05) is 43.6 Å². The van der Waals surface area contributed by atoms with E-state index in [0.717, 1.165) is 36.9 Å². The molecule has 0 saturated carbocycles. The van der Waals surface area contributed by atoms with Crippen molar-refractivity contribution in [3.05, 3.63) is 53.1 Å². The Morgan fingerprint density at radius 3 is 2.92 bits per heavy atom. The summed E-state index contributed by atoms with van der Waals surface area (Å²) in [7, 11) is 3.42. The van der Waals surface area contributed by atoms with E-state index in [2.05, 4.69) is 40.0 Å². The monoisotopic (exact) mass is 341 g/mol. The molecule has 2 aromatic rings. The van der Waals surface area contributed by atoms with Gasteiger partial charge in [-0.3, -0.25) is 4.90 Å². The molecule has 1 aromatic heterocycles. The minimum absolute atomic E-state index is 0.447. The first-order valence-corrected chi connectivity index (χ1v) is 8.86. The van der Waals surface area contributed by atoms with Crippen LogP contribution < -0.4 is 4.74 Å². The van der Waals surface area contributed by atoms with Crippen LogP contribution in [0.4, 0.5) is 0 Å². The molecule has 0 unspecified atom stereocenters. The summed E-state index contributed by atoms with van der Waals surface area (Å²) < 4.78 is 10.7. The second-order valence-corrected chi connectivity index (χ2v) is 6.72. The van der Waals surface area contributed by atoms with Crippen LogP contribution in [0.1, 0.15) is 41.4 Å². The minimum atomic E-state index is 0.447. The Balaban J connectivity index is 1.71. The van der Waals surface area contributed by atoms with Crippen molar-refractivity contribution in [2.45, 2.75) is 38.8 Å². The molecule has 0 bridgehead atoms. The molecule has 134 valence electrons. The number of rotatable bonds is 6. The molecule has 0 radical (unpaired) electrons. The lowest BCUT2D eigenvalue weighted by Crippen LogP contribution is -2.34. The molecule has 0 spiro atoms. The van der Waals surface area contributed by atoms with Gasteiger partial charge in [-0.1, -0.05) is 17.7 Å². The van der Waals surface area contributed by atoms with Crippen LogP contribution in [0.5, 0.6) is 5.75 Å². The number of methoxy groups -OCH3 is 2. The first kappa shape index (κ1) is 17.8. The van der Waals surface area contributed by atoms with Gasteiger partial charge in [-0.2, -0.15) is 0 Å². The molecule has 1 aliphatic rings. The van der Waals surface area contributed by atoms with Gasteiger partial charge in [0.25, 0.3) is 0 Å². The van der Waals surface area contributed by atoms with Crippen LogP contribution in [-0.2, 0) is 17.9 Å². The van der Waals surface area contributed by atoms with E-state index in [-0.39, 0.29) is 0 Å². The van der Waals surface area contributed by atoms with Crippen LogP contribution in [0, 0.1) is 6.92 Å². The smallest absolute Gasteiger partial charge is 0.154 e. The summed E-state index contributed by atoms with van der Waals surface area (Å²) in [6, 6.07) is 8.43. The van der Waals surface area contributed by atoms with E-state index >= 15 is 0 Å². The Morgan fingerprint density at radius 1 is 1.24 bits per heavy atom. The van der Waals surface area contributed by atoms with Crippen molar-refractivity contribution >= 4 is 0 Å². The molecular formula is C20H27N3O2. The number of benzene rings is 1. The molecule has 3 rings (SSSR count). The average Bonchev–Trinajstić information content (AvgIpc) is 2.63. The predicted molar refractivity (Wildman–Crippen MR) is 97.7 cm³/mol. The van der Waals surface area contributed by atoms with Crippen molar-refractivity contribution in [2.24, 2.45) is 0 Å². The van der Waals surface area contributed by atoms with Gasteiger partial charge >= 0.3 is 0 Å². The van der Waals surface area contributed by atoms with Crippen LogP contribution in [0.25, 0.3) is 0 Å². The first-order chi connectivity index (χ1) is 12.2. The van der Waals surface area contributed by atoms with Gasteiger partial charge in [-0.25, -0.2) is 9.97 Å².